The number of nitrogens with zero attached hydrogens (tertiary/aromatic N) is 3. The van der Waals surface area contributed by atoms with Crippen LogP contribution < -0.4 is 5.32 Å². The highest BCUT2D eigenvalue weighted by Gasteiger charge is 2.22. The molecule has 102 valence electrons. The number of anilines is 1. The highest BCUT2D eigenvalue weighted by molar-refractivity contribution is 5.44. The van der Waals surface area contributed by atoms with Gasteiger partial charge in [-0.1, -0.05) is 25.3 Å². The van der Waals surface area contributed by atoms with Crippen LogP contribution in [0.3, 0.4) is 0 Å². The Hall–Kier alpha value is -1.62. The SMILES string of the molecule is Cc1cccc2nc(NC3CCCCCC3O)nn12. The van der Waals surface area contributed by atoms with Gasteiger partial charge in [0.15, 0.2) is 5.65 Å². The summed E-state index contributed by atoms with van der Waals surface area (Å²) < 4.78 is 1.82. The Labute approximate surface area is 112 Å². The van der Waals surface area contributed by atoms with Gasteiger partial charge in [0, 0.05) is 5.69 Å². The normalized spacial score (nSPS) is 24.3. The van der Waals surface area contributed by atoms with Gasteiger partial charge < -0.3 is 10.4 Å². The molecule has 1 aliphatic carbocycles. The third kappa shape index (κ3) is 2.56. The van der Waals surface area contributed by atoms with Crippen molar-refractivity contribution in [2.24, 2.45) is 0 Å². The summed E-state index contributed by atoms with van der Waals surface area (Å²) in [5, 5.41) is 17.9. The Bertz CT molecular complexity index is 566. The number of fused-ring (bicyclic) bond motifs is 1. The average molecular weight is 260 g/mol. The molecule has 1 fully saturated rings. The molecule has 0 amide bonds. The monoisotopic (exact) mass is 260 g/mol. The number of pyridine rings is 1. The van der Waals surface area contributed by atoms with Crippen molar-refractivity contribution in [2.75, 3.05) is 5.32 Å². The predicted octanol–water partition coefficient (Wildman–Crippen LogP) is 2.14. The lowest BCUT2D eigenvalue weighted by atomic mass is 10.1. The summed E-state index contributed by atoms with van der Waals surface area (Å²) in [6, 6.07) is 5.99. The molecule has 0 spiro atoms. The number of aliphatic hydroxyl groups is 1. The van der Waals surface area contributed by atoms with Crippen LogP contribution in [0.5, 0.6) is 0 Å². The fourth-order valence-electron chi connectivity index (χ4n) is 2.72. The van der Waals surface area contributed by atoms with Crippen molar-refractivity contribution in [1.82, 2.24) is 14.6 Å². The molecule has 0 saturated heterocycles. The van der Waals surface area contributed by atoms with E-state index in [1.807, 2.05) is 29.6 Å². The first kappa shape index (κ1) is 12.4. The van der Waals surface area contributed by atoms with Crippen LogP contribution in [0, 0.1) is 6.92 Å². The number of hydrogen-bond donors (Lipinski definition) is 2. The lowest BCUT2D eigenvalue weighted by molar-refractivity contribution is 0.144. The molecular weight excluding hydrogens is 240 g/mol. The minimum absolute atomic E-state index is 0.0696. The van der Waals surface area contributed by atoms with E-state index in [2.05, 4.69) is 15.4 Å². The van der Waals surface area contributed by atoms with Gasteiger partial charge in [-0.05, 0) is 31.9 Å². The number of hydrogen-bond acceptors (Lipinski definition) is 4. The van der Waals surface area contributed by atoms with Gasteiger partial charge in [-0.3, -0.25) is 0 Å². The molecule has 2 heterocycles. The summed E-state index contributed by atoms with van der Waals surface area (Å²) in [5.74, 6) is 0.611. The molecule has 19 heavy (non-hydrogen) atoms. The summed E-state index contributed by atoms with van der Waals surface area (Å²) in [4.78, 5) is 4.46. The van der Waals surface area contributed by atoms with Crippen molar-refractivity contribution in [3.05, 3.63) is 23.9 Å². The molecule has 2 aromatic heterocycles. The topological polar surface area (TPSA) is 62.5 Å². The Kier molecular flexibility index (Phi) is 3.38. The van der Waals surface area contributed by atoms with E-state index < -0.39 is 0 Å². The fraction of sp³-hybridized carbons (Fsp3) is 0.571. The van der Waals surface area contributed by atoms with Gasteiger partial charge >= 0.3 is 0 Å². The summed E-state index contributed by atoms with van der Waals surface area (Å²) >= 11 is 0. The van der Waals surface area contributed by atoms with Crippen molar-refractivity contribution in [3.8, 4) is 0 Å². The molecule has 2 unspecified atom stereocenters. The molecule has 3 rings (SSSR count). The first-order valence-corrected chi connectivity index (χ1v) is 7.01. The summed E-state index contributed by atoms with van der Waals surface area (Å²) in [5.41, 5.74) is 1.89. The smallest absolute Gasteiger partial charge is 0.243 e. The zero-order chi connectivity index (χ0) is 13.2. The number of aryl methyl sites for hydroxylation is 1. The van der Waals surface area contributed by atoms with E-state index in [1.165, 1.54) is 6.42 Å². The number of aliphatic hydroxyl groups excluding tert-OH is 1. The third-order valence-corrected chi connectivity index (χ3v) is 3.84. The second-order valence-corrected chi connectivity index (χ2v) is 5.33. The maximum atomic E-state index is 10.1. The Morgan fingerprint density at radius 3 is 2.95 bits per heavy atom. The van der Waals surface area contributed by atoms with Crippen molar-refractivity contribution in [2.45, 2.75) is 51.2 Å². The molecule has 2 atom stereocenters. The molecule has 0 aromatic carbocycles. The third-order valence-electron chi connectivity index (χ3n) is 3.84. The molecular formula is C14H20N4O. The van der Waals surface area contributed by atoms with Gasteiger partial charge in [0.25, 0.3) is 0 Å². The maximum absolute atomic E-state index is 10.1. The lowest BCUT2D eigenvalue weighted by Crippen LogP contribution is -2.32. The molecule has 0 bridgehead atoms. The van der Waals surface area contributed by atoms with E-state index in [9.17, 15) is 5.11 Å². The van der Waals surface area contributed by atoms with Crippen molar-refractivity contribution >= 4 is 11.6 Å². The van der Waals surface area contributed by atoms with E-state index in [1.54, 1.807) is 0 Å². The lowest BCUT2D eigenvalue weighted by Gasteiger charge is -2.20. The summed E-state index contributed by atoms with van der Waals surface area (Å²) in [6.07, 6.45) is 5.01. The molecule has 0 aliphatic heterocycles. The molecule has 5 nitrogen and oxygen atoms in total. The standard InChI is InChI=1S/C14H20N4O/c1-10-6-5-9-13-16-14(17-18(10)13)15-11-7-3-2-4-8-12(11)19/h5-6,9,11-12,19H,2-4,7-8H2,1H3,(H,15,17). The first-order chi connectivity index (χ1) is 9.24. The zero-order valence-electron chi connectivity index (χ0n) is 11.2. The van der Waals surface area contributed by atoms with E-state index in [0.29, 0.717) is 5.95 Å². The van der Waals surface area contributed by atoms with E-state index in [-0.39, 0.29) is 12.1 Å². The second kappa shape index (κ2) is 5.17. The predicted molar refractivity (Wildman–Crippen MR) is 74.2 cm³/mol. The van der Waals surface area contributed by atoms with Gasteiger partial charge in [-0.15, -0.1) is 5.10 Å². The van der Waals surface area contributed by atoms with E-state index in [0.717, 1.165) is 37.0 Å². The Balaban J connectivity index is 1.82. The molecule has 1 saturated carbocycles. The Morgan fingerprint density at radius 1 is 1.26 bits per heavy atom. The van der Waals surface area contributed by atoms with E-state index in [4.69, 9.17) is 0 Å². The molecule has 5 heteroatoms. The van der Waals surface area contributed by atoms with Crippen molar-refractivity contribution in [1.29, 1.82) is 0 Å². The molecule has 2 N–H and O–H groups in total. The van der Waals surface area contributed by atoms with Gasteiger partial charge in [0.05, 0.1) is 12.1 Å². The number of nitrogens with one attached hydrogen (secondary N) is 1. The first-order valence-electron chi connectivity index (χ1n) is 7.01. The summed E-state index contributed by atoms with van der Waals surface area (Å²) in [7, 11) is 0. The zero-order valence-corrected chi connectivity index (χ0v) is 11.2. The van der Waals surface area contributed by atoms with Crippen molar-refractivity contribution < 1.29 is 5.11 Å². The minimum Gasteiger partial charge on any atom is -0.391 e. The maximum Gasteiger partial charge on any atom is 0.243 e. The highest BCUT2D eigenvalue weighted by Crippen LogP contribution is 2.21. The van der Waals surface area contributed by atoms with Crippen LogP contribution in [0.15, 0.2) is 18.2 Å². The van der Waals surface area contributed by atoms with Crippen LogP contribution in [0.4, 0.5) is 5.95 Å². The molecule has 1 aliphatic rings. The van der Waals surface area contributed by atoms with Crippen LogP contribution in [0.1, 0.15) is 37.8 Å². The van der Waals surface area contributed by atoms with Crippen LogP contribution in [0.25, 0.3) is 5.65 Å². The second-order valence-electron chi connectivity index (χ2n) is 5.33. The van der Waals surface area contributed by atoms with Crippen LogP contribution >= 0.6 is 0 Å². The van der Waals surface area contributed by atoms with Gasteiger partial charge in [0.2, 0.25) is 5.95 Å². The quantitative estimate of drug-likeness (QED) is 0.812. The Morgan fingerprint density at radius 2 is 2.11 bits per heavy atom. The average Bonchev–Trinajstić information content (AvgIpc) is 2.70. The van der Waals surface area contributed by atoms with Gasteiger partial charge in [-0.2, -0.15) is 4.98 Å². The number of aromatic nitrogens is 3. The van der Waals surface area contributed by atoms with Crippen LogP contribution in [-0.4, -0.2) is 31.9 Å². The van der Waals surface area contributed by atoms with Crippen LogP contribution in [0.2, 0.25) is 0 Å². The fourth-order valence-corrected chi connectivity index (χ4v) is 2.72. The molecule has 0 radical (unpaired) electrons. The van der Waals surface area contributed by atoms with Crippen LogP contribution in [-0.2, 0) is 0 Å². The van der Waals surface area contributed by atoms with Gasteiger partial charge in [0.1, 0.15) is 0 Å². The minimum atomic E-state index is -0.296. The highest BCUT2D eigenvalue weighted by atomic mass is 16.3. The largest absolute Gasteiger partial charge is 0.391 e. The number of rotatable bonds is 2. The molecule has 2 aromatic rings. The summed E-state index contributed by atoms with van der Waals surface area (Å²) in [6.45, 7) is 2.01. The van der Waals surface area contributed by atoms with Crippen molar-refractivity contribution in [3.63, 3.8) is 0 Å². The van der Waals surface area contributed by atoms with E-state index >= 15 is 0 Å². The van der Waals surface area contributed by atoms with Gasteiger partial charge in [-0.25, -0.2) is 4.52 Å².